The molecule has 1 aromatic heterocycles. The first-order valence-corrected chi connectivity index (χ1v) is 13.9. The lowest BCUT2D eigenvalue weighted by Gasteiger charge is -2.10. The van der Waals surface area contributed by atoms with Gasteiger partial charge in [-0.2, -0.15) is 0 Å². The molecule has 3 aromatic carbocycles. The normalized spacial score (nSPS) is 11.8. The zero-order valence-corrected chi connectivity index (χ0v) is 20.4. The Hall–Kier alpha value is -3.48. The summed E-state index contributed by atoms with van der Waals surface area (Å²) in [6.45, 7) is 0. The Bertz CT molecular complexity index is 1590. The lowest BCUT2D eigenvalue weighted by Crippen LogP contribution is -2.15. The second-order valence-corrected chi connectivity index (χ2v) is 12.0. The van der Waals surface area contributed by atoms with Crippen LogP contribution < -0.4 is 14.8 Å². The summed E-state index contributed by atoms with van der Waals surface area (Å²) in [5.74, 6) is 0.0351. The highest BCUT2D eigenvalue weighted by Gasteiger charge is 2.17. The number of sulfone groups is 1. The van der Waals surface area contributed by atoms with Crippen molar-refractivity contribution in [2.75, 3.05) is 23.4 Å². The number of nitrogens with one attached hydrogen (secondary N) is 2. The highest BCUT2D eigenvalue weighted by molar-refractivity contribution is 7.92. The molecule has 1 heterocycles. The van der Waals surface area contributed by atoms with E-state index < -0.39 is 25.8 Å². The summed E-state index contributed by atoms with van der Waals surface area (Å²) < 4.78 is 57.0. The number of hydrogen-bond acceptors (Lipinski definition) is 8. The summed E-state index contributed by atoms with van der Waals surface area (Å²) in [7, 11) is -5.75. The van der Waals surface area contributed by atoms with Gasteiger partial charge >= 0.3 is 0 Å². The number of thiazole rings is 1. The van der Waals surface area contributed by atoms with Crippen LogP contribution in [-0.2, 0) is 19.9 Å². The first-order chi connectivity index (χ1) is 16.0. The molecule has 0 bridgehead atoms. The standard InChI is InChI=1S/C22H19N3O6S3/c1-31-16-6-8-17(9-7-16)34(29,30)25-15-5-3-4-14(12-15)21(26)24-22-23-19-11-10-18(33(2,27)28)13-20(19)32-22/h3-13,25H,1-2H3,(H,23,24,26). The zero-order chi connectivity index (χ0) is 24.5. The SMILES string of the molecule is COc1ccc(S(=O)(=O)Nc2cccc(C(=O)Nc3nc4ccc(S(C)(=O)=O)cc4s3)c2)cc1. The summed E-state index contributed by atoms with van der Waals surface area (Å²) in [5, 5.41) is 2.96. The second-order valence-electron chi connectivity index (χ2n) is 7.24. The Labute approximate surface area is 200 Å². The number of benzene rings is 3. The van der Waals surface area contributed by atoms with Crippen molar-refractivity contribution >= 4 is 58.1 Å². The van der Waals surface area contributed by atoms with E-state index in [1.165, 1.54) is 61.7 Å². The molecule has 0 saturated carbocycles. The van der Waals surface area contributed by atoms with Crippen molar-refractivity contribution < 1.29 is 26.4 Å². The third-order valence-electron chi connectivity index (χ3n) is 4.76. The first-order valence-electron chi connectivity index (χ1n) is 9.74. The Morgan fingerprint density at radius 2 is 1.65 bits per heavy atom. The average Bonchev–Trinajstić information content (AvgIpc) is 3.20. The van der Waals surface area contributed by atoms with Crippen molar-refractivity contribution in [3.63, 3.8) is 0 Å². The number of methoxy groups -OCH3 is 1. The van der Waals surface area contributed by atoms with E-state index in [0.29, 0.717) is 16.0 Å². The van der Waals surface area contributed by atoms with Gasteiger partial charge in [0.05, 0.1) is 27.1 Å². The van der Waals surface area contributed by atoms with Crippen LogP contribution in [0.15, 0.2) is 76.5 Å². The van der Waals surface area contributed by atoms with Gasteiger partial charge in [0.25, 0.3) is 15.9 Å². The third-order valence-corrected chi connectivity index (χ3v) is 8.20. The van der Waals surface area contributed by atoms with Gasteiger partial charge in [-0.25, -0.2) is 21.8 Å². The quantitative estimate of drug-likeness (QED) is 0.381. The van der Waals surface area contributed by atoms with E-state index in [4.69, 9.17) is 4.74 Å². The molecule has 0 unspecified atom stereocenters. The van der Waals surface area contributed by atoms with E-state index in [0.717, 1.165) is 17.6 Å². The Morgan fingerprint density at radius 1 is 0.941 bits per heavy atom. The van der Waals surface area contributed by atoms with Gasteiger partial charge in [-0.3, -0.25) is 14.8 Å². The maximum Gasteiger partial charge on any atom is 0.261 e. The molecule has 9 nitrogen and oxygen atoms in total. The number of amides is 1. The van der Waals surface area contributed by atoms with Crippen LogP contribution in [0, 0.1) is 0 Å². The average molecular weight is 518 g/mol. The minimum atomic E-state index is -3.87. The number of aromatic nitrogens is 1. The first kappa shape index (κ1) is 23.7. The maximum absolute atomic E-state index is 12.7. The highest BCUT2D eigenvalue weighted by Crippen LogP contribution is 2.29. The van der Waals surface area contributed by atoms with Crippen LogP contribution in [-0.4, -0.2) is 41.1 Å². The van der Waals surface area contributed by atoms with Gasteiger partial charge in [0.1, 0.15) is 5.75 Å². The van der Waals surface area contributed by atoms with Gasteiger partial charge in [0.15, 0.2) is 15.0 Å². The number of hydrogen-bond donors (Lipinski definition) is 2. The van der Waals surface area contributed by atoms with Crippen LogP contribution in [0.5, 0.6) is 5.75 Å². The van der Waals surface area contributed by atoms with Crippen molar-refractivity contribution in [3.8, 4) is 5.75 Å². The molecule has 0 atom stereocenters. The van der Waals surface area contributed by atoms with Crippen LogP contribution >= 0.6 is 11.3 Å². The number of anilines is 2. The summed E-state index contributed by atoms with van der Waals surface area (Å²) in [5.41, 5.74) is 0.977. The zero-order valence-electron chi connectivity index (χ0n) is 18.0. The molecular weight excluding hydrogens is 498 g/mol. The molecule has 0 saturated heterocycles. The number of carbonyl (C=O) groups excluding carboxylic acids is 1. The predicted molar refractivity (Wildman–Crippen MR) is 131 cm³/mol. The highest BCUT2D eigenvalue weighted by atomic mass is 32.2. The lowest BCUT2D eigenvalue weighted by atomic mass is 10.2. The minimum absolute atomic E-state index is 0.0473. The molecule has 12 heteroatoms. The number of nitrogens with zero attached hydrogens (tertiary/aromatic N) is 1. The van der Waals surface area contributed by atoms with Gasteiger partial charge in [0.2, 0.25) is 0 Å². The minimum Gasteiger partial charge on any atom is -0.497 e. The largest absolute Gasteiger partial charge is 0.497 e. The lowest BCUT2D eigenvalue weighted by molar-refractivity contribution is 0.102. The fraction of sp³-hybridized carbons (Fsp3) is 0.0909. The molecule has 0 spiro atoms. The number of ether oxygens (including phenoxy) is 1. The molecule has 0 radical (unpaired) electrons. The topological polar surface area (TPSA) is 132 Å². The fourth-order valence-corrected chi connectivity index (χ4v) is 5.72. The fourth-order valence-electron chi connectivity index (χ4n) is 3.05. The van der Waals surface area contributed by atoms with Gasteiger partial charge in [-0.05, 0) is 60.7 Å². The van der Waals surface area contributed by atoms with Gasteiger partial charge in [-0.1, -0.05) is 17.4 Å². The van der Waals surface area contributed by atoms with Crippen molar-refractivity contribution in [2.24, 2.45) is 0 Å². The Morgan fingerprint density at radius 3 is 2.32 bits per heavy atom. The molecule has 2 N–H and O–H groups in total. The molecule has 4 rings (SSSR count). The van der Waals surface area contributed by atoms with Crippen molar-refractivity contribution in [2.45, 2.75) is 9.79 Å². The van der Waals surface area contributed by atoms with Crippen LogP contribution in [0.2, 0.25) is 0 Å². The van der Waals surface area contributed by atoms with Crippen molar-refractivity contribution in [1.82, 2.24) is 4.98 Å². The number of fused-ring (bicyclic) bond motifs is 1. The molecular formula is C22H19N3O6S3. The van der Waals surface area contributed by atoms with Crippen LogP contribution in [0.4, 0.5) is 10.8 Å². The van der Waals surface area contributed by atoms with E-state index in [1.54, 1.807) is 12.1 Å². The van der Waals surface area contributed by atoms with Crippen LogP contribution in [0.1, 0.15) is 10.4 Å². The molecule has 0 fully saturated rings. The Kier molecular flexibility index (Phi) is 6.30. The van der Waals surface area contributed by atoms with E-state index in [2.05, 4.69) is 15.0 Å². The second kappa shape index (κ2) is 9.05. The number of carbonyl (C=O) groups is 1. The maximum atomic E-state index is 12.7. The van der Waals surface area contributed by atoms with Crippen molar-refractivity contribution in [1.29, 1.82) is 0 Å². The number of rotatable bonds is 7. The molecule has 34 heavy (non-hydrogen) atoms. The molecule has 4 aromatic rings. The third kappa shape index (κ3) is 5.19. The van der Waals surface area contributed by atoms with Gasteiger partial charge < -0.3 is 4.74 Å². The summed E-state index contributed by atoms with van der Waals surface area (Å²) in [6, 6.07) is 16.5. The summed E-state index contributed by atoms with van der Waals surface area (Å²) >= 11 is 1.14. The van der Waals surface area contributed by atoms with Gasteiger partial charge in [-0.15, -0.1) is 0 Å². The molecule has 0 aliphatic heterocycles. The van der Waals surface area contributed by atoms with Gasteiger partial charge in [0, 0.05) is 17.5 Å². The van der Waals surface area contributed by atoms with E-state index in [9.17, 15) is 21.6 Å². The Balaban J connectivity index is 1.52. The molecule has 1 amide bonds. The predicted octanol–water partition coefficient (Wildman–Crippen LogP) is 3.76. The molecule has 0 aliphatic carbocycles. The summed E-state index contributed by atoms with van der Waals surface area (Å²) in [6.07, 6.45) is 1.12. The molecule has 176 valence electrons. The van der Waals surface area contributed by atoms with E-state index in [-0.39, 0.29) is 26.2 Å². The monoisotopic (exact) mass is 517 g/mol. The van der Waals surface area contributed by atoms with Crippen molar-refractivity contribution in [3.05, 3.63) is 72.3 Å². The van der Waals surface area contributed by atoms with Crippen LogP contribution in [0.3, 0.4) is 0 Å². The smallest absolute Gasteiger partial charge is 0.261 e. The van der Waals surface area contributed by atoms with E-state index >= 15 is 0 Å². The van der Waals surface area contributed by atoms with E-state index in [1.807, 2.05) is 0 Å². The summed E-state index contributed by atoms with van der Waals surface area (Å²) in [4.78, 5) is 17.3. The number of sulfonamides is 1. The molecule has 0 aliphatic rings. The van der Waals surface area contributed by atoms with Crippen LogP contribution in [0.25, 0.3) is 10.2 Å².